The van der Waals surface area contributed by atoms with E-state index in [4.69, 9.17) is 37.5 Å². The lowest BCUT2D eigenvalue weighted by Gasteiger charge is -2.36. The highest BCUT2D eigenvalue weighted by Gasteiger charge is 2.42. The van der Waals surface area contributed by atoms with E-state index >= 15 is 0 Å². The number of non-ortho nitro benzene ring substituents is 1. The molecule has 0 aliphatic carbocycles. The van der Waals surface area contributed by atoms with E-state index in [9.17, 15) is 38.9 Å². The summed E-state index contributed by atoms with van der Waals surface area (Å²) < 4.78 is 10.1. The number of carbonyl (C=O) groups excluding carboxylic acids is 6. The fraction of sp³-hybridized carbons (Fsp3) is 0.360. The number of thiazole rings is 1. The number of ether oxygens (including phenoxy) is 2. The zero-order valence-electron chi connectivity index (χ0n) is 23.9. The van der Waals surface area contributed by atoms with Crippen LogP contribution in [0.3, 0.4) is 0 Å². The van der Waals surface area contributed by atoms with Gasteiger partial charge in [0.1, 0.15) is 36.7 Å². The molecule has 0 radical (unpaired) electrons. The van der Waals surface area contributed by atoms with Gasteiger partial charge in [0.25, 0.3) is 11.6 Å². The van der Waals surface area contributed by atoms with Gasteiger partial charge in [-0.1, -0.05) is 5.16 Å². The van der Waals surface area contributed by atoms with Gasteiger partial charge in [-0.25, -0.2) is 14.6 Å². The molecule has 2 aromatic rings. The van der Waals surface area contributed by atoms with Crippen LogP contribution in [0.2, 0.25) is 0 Å². The lowest BCUT2D eigenvalue weighted by Crippen LogP contribution is -2.71. The Kier molecular flexibility index (Phi) is 12.3. The second-order valence-electron chi connectivity index (χ2n) is 9.61. The van der Waals surface area contributed by atoms with Gasteiger partial charge in [0.05, 0.1) is 11.0 Å². The van der Waals surface area contributed by atoms with E-state index < -0.39 is 76.5 Å². The van der Waals surface area contributed by atoms with Crippen molar-refractivity contribution in [3.8, 4) is 0 Å². The maximum absolute atomic E-state index is 13.3. The monoisotopic (exact) mass is 701 g/mol. The number of carbonyl (C=O) groups is 6. The molecule has 46 heavy (non-hydrogen) atoms. The number of amides is 5. The highest BCUT2D eigenvalue weighted by Crippen LogP contribution is 2.20. The Bertz CT molecular complexity index is 1550. The summed E-state index contributed by atoms with van der Waals surface area (Å²) in [4.78, 5) is 92.7. The summed E-state index contributed by atoms with van der Waals surface area (Å²) in [6.45, 7) is 1.91. The summed E-state index contributed by atoms with van der Waals surface area (Å²) in [6.07, 6.45) is -1.12. The summed E-state index contributed by atoms with van der Waals surface area (Å²) in [6, 6.07) is 3.19. The number of oxime groups is 1. The fourth-order valence-electron chi connectivity index (χ4n) is 3.34. The number of halogens is 2. The minimum Gasteiger partial charge on any atom is -0.458 e. The first-order valence-electron chi connectivity index (χ1n) is 12.9. The number of nitrogens with one attached hydrogen (secondary N) is 4. The molecule has 5 amide bonds. The molecule has 246 valence electrons. The third-order valence-electron chi connectivity index (χ3n) is 5.76. The maximum atomic E-state index is 13.3. The number of esters is 1. The van der Waals surface area contributed by atoms with Crippen LogP contribution in [-0.2, 0) is 44.9 Å². The molecule has 1 aromatic heterocycles. The van der Waals surface area contributed by atoms with Gasteiger partial charge in [0.2, 0.25) is 23.3 Å². The predicted molar refractivity (Wildman–Crippen MR) is 160 cm³/mol. The number of aromatic nitrogens is 1. The number of alkyl carbamates (subject to hydrolysis) is 1. The number of hydrogen-bond acceptors (Lipinski definition) is 14. The van der Waals surface area contributed by atoms with Gasteiger partial charge >= 0.3 is 12.1 Å². The average Bonchev–Trinajstić information content (AvgIpc) is 3.48. The number of hydrogen-bond donors (Lipinski definition) is 4. The maximum Gasteiger partial charge on any atom is 0.413 e. The van der Waals surface area contributed by atoms with E-state index in [2.05, 4.69) is 26.1 Å². The van der Waals surface area contributed by atoms with Crippen LogP contribution in [0.5, 0.6) is 0 Å². The Morgan fingerprint density at radius 1 is 1.11 bits per heavy atom. The third-order valence-corrected chi connectivity index (χ3v) is 7.00. The number of anilines is 1. The van der Waals surface area contributed by atoms with Gasteiger partial charge in [0.15, 0.2) is 10.8 Å². The number of nitro groups is 1. The van der Waals surface area contributed by atoms with E-state index in [-0.39, 0.29) is 29.0 Å². The van der Waals surface area contributed by atoms with Crippen LogP contribution in [0.1, 0.15) is 25.1 Å². The van der Waals surface area contributed by atoms with Crippen LogP contribution in [0, 0.1) is 10.1 Å². The van der Waals surface area contributed by atoms with Crippen molar-refractivity contribution < 1.29 is 48.0 Å². The topological polar surface area (TPSA) is 247 Å². The van der Waals surface area contributed by atoms with Gasteiger partial charge in [-0.05, 0) is 31.5 Å². The average molecular weight is 702 g/mol. The Labute approximate surface area is 273 Å². The smallest absolute Gasteiger partial charge is 0.413 e. The Balaban J connectivity index is 1.74. The van der Waals surface area contributed by atoms with Crippen molar-refractivity contribution in [3.63, 3.8) is 0 Å². The molecule has 4 N–H and O–H groups in total. The van der Waals surface area contributed by atoms with Crippen LogP contribution in [0.15, 0.2) is 34.8 Å². The standard InChI is InChI=1S/C25H25Cl2N7O11S/c1-25(2,22(39)43-9-12-3-5-13(6-4-12)34(41)42)45-33-19(15-11-46-23(29-15)30-16(35)7-26)21(38)32-18-14(28-20(18)37)10-44-24(40)31-17(36)8-27/h3-6,11,14,18H,7-10H2,1-2H3,(H,28,37)(H,32,38)(H,29,30,35)(H,31,36,40)/t14-,18+/m1/s1. The van der Waals surface area contributed by atoms with Gasteiger partial charge < -0.3 is 30.3 Å². The van der Waals surface area contributed by atoms with E-state index in [1.54, 1.807) is 0 Å². The molecule has 1 fully saturated rings. The van der Waals surface area contributed by atoms with Gasteiger partial charge in [-0.2, -0.15) is 0 Å². The fourth-order valence-corrected chi connectivity index (χ4v) is 4.18. The van der Waals surface area contributed by atoms with Crippen molar-refractivity contribution in [1.29, 1.82) is 0 Å². The van der Waals surface area contributed by atoms with Crippen molar-refractivity contribution in [2.24, 2.45) is 5.16 Å². The van der Waals surface area contributed by atoms with Crippen molar-refractivity contribution in [3.05, 3.63) is 51.0 Å². The summed E-state index contributed by atoms with van der Waals surface area (Å²) in [7, 11) is 0. The highest BCUT2D eigenvalue weighted by atomic mass is 35.5. The van der Waals surface area contributed by atoms with Crippen LogP contribution in [0.25, 0.3) is 0 Å². The summed E-state index contributed by atoms with van der Waals surface area (Å²) in [5.41, 5.74) is -2.10. The number of nitrogens with zero attached hydrogens (tertiary/aromatic N) is 3. The molecule has 0 bridgehead atoms. The molecule has 21 heteroatoms. The third kappa shape index (κ3) is 9.81. The summed E-state index contributed by atoms with van der Waals surface area (Å²) >= 11 is 11.7. The molecule has 3 rings (SSSR count). The van der Waals surface area contributed by atoms with Gasteiger partial charge in [0, 0.05) is 17.5 Å². The molecule has 0 spiro atoms. The van der Waals surface area contributed by atoms with Crippen molar-refractivity contribution in [2.75, 3.05) is 23.7 Å². The van der Waals surface area contributed by atoms with E-state index in [1.165, 1.54) is 43.5 Å². The highest BCUT2D eigenvalue weighted by molar-refractivity contribution is 7.14. The van der Waals surface area contributed by atoms with E-state index in [1.807, 2.05) is 5.32 Å². The molecule has 1 saturated heterocycles. The van der Waals surface area contributed by atoms with Crippen molar-refractivity contribution in [2.45, 2.75) is 38.1 Å². The first-order valence-corrected chi connectivity index (χ1v) is 14.8. The number of rotatable bonds is 14. The van der Waals surface area contributed by atoms with Crippen LogP contribution >= 0.6 is 34.5 Å². The SMILES string of the molecule is CC(C)(ON=C(C(=O)N[C@@H]1C(=O)N[C@@H]1COC(=O)NC(=O)CCl)c1csc(NC(=O)CCl)n1)C(=O)OCc1ccc([N+](=O)[O-])cc1. The first-order chi connectivity index (χ1) is 21.7. The van der Waals surface area contributed by atoms with Crippen LogP contribution < -0.4 is 21.3 Å². The van der Waals surface area contributed by atoms with E-state index in [0.717, 1.165) is 11.3 Å². The molecule has 18 nitrogen and oxygen atoms in total. The van der Waals surface area contributed by atoms with Crippen LogP contribution in [-0.4, -0.2) is 87.4 Å². The number of imide groups is 1. The minimum absolute atomic E-state index is 0.0492. The normalized spacial score (nSPS) is 15.8. The Morgan fingerprint density at radius 2 is 1.78 bits per heavy atom. The Morgan fingerprint density at radius 3 is 2.39 bits per heavy atom. The van der Waals surface area contributed by atoms with Gasteiger partial charge in [-0.3, -0.25) is 34.6 Å². The number of nitro benzene ring substituents is 1. The minimum atomic E-state index is -1.78. The molecular weight excluding hydrogens is 677 g/mol. The molecule has 2 heterocycles. The van der Waals surface area contributed by atoms with Crippen molar-refractivity contribution in [1.82, 2.24) is 20.9 Å². The summed E-state index contributed by atoms with van der Waals surface area (Å²) in [5.74, 6) is -4.79. The lowest BCUT2D eigenvalue weighted by molar-refractivity contribution is -0.384. The first kappa shape index (κ1) is 35.6. The Hall–Kier alpha value is -4.88. The molecule has 0 unspecified atom stereocenters. The van der Waals surface area contributed by atoms with E-state index in [0.29, 0.717) is 5.56 Å². The lowest BCUT2D eigenvalue weighted by atomic mass is 9.99. The molecule has 1 aliphatic heterocycles. The number of benzene rings is 1. The zero-order valence-corrected chi connectivity index (χ0v) is 26.2. The number of β-lactam (4-membered cyclic amide) rings is 1. The zero-order chi connectivity index (χ0) is 34.0. The van der Waals surface area contributed by atoms with Gasteiger partial charge in [-0.15, -0.1) is 34.5 Å². The second kappa shape index (κ2) is 15.9. The molecule has 0 saturated carbocycles. The molecule has 1 aliphatic rings. The summed E-state index contributed by atoms with van der Waals surface area (Å²) in [5, 5.41) is 25.1. The predicted octanol–water partition coefficient (Wildman–Crippen LogP) is 0.946. The largest absolute Gasteiger partial charge is 0.458 e. The molecular formula is C25H25Cl2N7O11S. The van der Waals surface area contributed by atoms with Crippen LogP contribution in [0.4, 0.5) is 15.6 Å². The quantitative estimate of drug-likeness (QED) is 0.0537. The molecule has 1 aromatic carbocycles. The number of alkyl halides is 2. The van der Waals surface area contributed by atoms with Crippen molar-refractivity contribution >= 4 is 86.8 Å². The molecule has 2 atom stereocenters. The second-order valence-corrected chi connectivity index (χ2v) is 11.0.